The van der Waals surface area contributed by atoms with Crippen molar-refractivity contribution in [2.24, 2.45) is 0 Å². The molecular weight excluding hydrogens is 406 g/mol. The lowest BCUT2D eigenvalue weighted by atomic mass is 9.85. The number of methoxy groups -OCH3 is 1. The molecule has 0 radical (unpaired) electrons. The van der Waals surface area contributed by atoms with Crippen LogP contribution < -0.4 is 0 Å². The van der Waals surface area contributed by atoms with Gasteiger partial charge in [-0.15, -0.1) is 0 Å². The van der Waals surface area contributed by atoms with Crippen LogP contribution in [0.15, 0.2) is 30.7 Å². The Hall–Kier alpha value is -2.55. The molecule has 3 atom stereocenters. The van der Waals surface area contributed by atoms with Gasteiger partial charge in [0.25, 0.3) is 0 Å². The van der Waals surface area contributed by atoms with Gasteiger partial charge in [0.2, 0.25) is 6.41 Å². The van der Waals surface area contributed by atoms with E-state index in [1.165, 1.54) is 10.9 Å². The van der Waals surface area contributed by atoms with Crippen molar-refractivity contribution in [1.82, 2.24) is 24.8 Å². The topological polar surface area (TPSA) is 83.6 Å². The predicted octanol–water partition coefficient (Wildman–Crippen LogP) is 2.90. The van der Waals surface area contributed by atoms with E-state index in [1.807, 2.05) is 23.5 Å². The second-order valence-electron chi connectivity index (χ2n) is 8.83. The smallest absolute Gasteiger partial charge is 0.210 e. The highest BCUT2D eigenvalue weighted by Gasteiger charge is 2.36. The number of H-pyrrole nitrogens is 1. The van der Waals surface area contributed by atoms with Crippen LogP contribution in [0, 0.1) is 0 Å². The summed E-state index contributed by atoms with van der Waals surface area (Å²) in [6, 6.07) is 4.24. The number of pyridine rings is 2. The number of aromatic amines is 1. The van der Waals surface area contributed by atoms with E-state index >= 15 is 0 Å². The first kappa shape index (κ1) is 21.3. The fourth-order valence-electron chi connectivity index (χ4n) is 5.42. The summed E-state index contributed by atoms with van der Waals surface area (Å²) < 4.78 is 11.2. The van der Waals surface area contributed by atoms with E-state index in [2.05, 4.69) is 32.0 Å². The molecule has 8 nitrogen and oxygen atoms in total. The van der Waals surface area contributed by atoms with Crippen LogP contribution in [0.4, 0.5) is 0 Å². The first-order chi connectivity index (χ1) is 15.8. The van der Waals surface area contributed by atoms with Crippen LogP contribution >= 0.6 is 0 Å². The molecule has 170 valence electrons. The van der Waals surface area contributed by atoms with E-state index in [1.54, 1.807) is 7.11 Å². The third-order valence-corrected chi connectivity index (χ3v) is 6.98. The Morgan fingerprint density at radius 3 is 3.03 bits per heavy atom. The van der Waals surface area contributed by atoms with Crippen molar-refractivity contribution in [1.29, 1.82) is 0 Å². The molecule has 2 fully saturated rings. The van der Waals surface area contributed by atoms with Gasteiger partial charge >= 0.3 is 0 Å². The fourth-order valence-corrected chi connectivity index (χ4v) is 5.42. The summed E-state index contributed by atoms with van der Waals surface area (Å²) in [4.78, 5) is 28.6. The highest BCUT2D eigenvalue weighted by atomic mass is 16.5. The number of carbonyl (C=O) groups excluding carboxylic acids is 1. The second kappa shape index (κ2) is 9.52. The van der Waals surface area contributed by atoms with Gasteiger partial charge in [-0.05, 0) is 49.3 Å². The number of amides is 1. The maximum absolute atomic E-state index is 11.9. The summed E-state index contributed by atoms with van der Waals surface area (Å²) in [6.07, 6.45) is 11.0. The molecule has 0 aromatic carbocycles. The average molecular weight is 438 g/mol. The van der Waals surface area contributed by atoms with Crippen LogP contribution in [0.2, 0.25) is 0 Å². The van der Waals surface area contributed by atoms with Crippen molar-refractivity contribution in [3.05, 3.63) is 36.3 Å². The number of fused-ring (bicyclic) bond motifs is 3. The minimum absolute atomic E-state index is 0.0897. The molecule has 0 bridgehead atoms. The molecule has 5 heterocycles. The summed E-state index contributed by atoms with van der Waals surface area (Å²) in [5.74, 6) is 0.358. The largest absolute Gasteiger partial charge is 0.382 e. The second-order valence-corrected chi connectivity index (χ2v) is 8.83. The van der Waals surface area contributed by atoms with Crippen molar-refractivity contribution in [3.8, 4) is 0 Å². The number of ether oxygens (including phenoxy) is 2. The first-order valence-electron chi connectivity index (χ1n) is 11.5. The summed E-state index contributed by atoms with van der Waals surface area (Å²) >= 11 is 0. The molecule has 3 aromatic rings. The maximum Gasteiger partial charge on any atom is 0.210 e. The highest BCUT2D eigenvalue weighted by Crippen LogP contribution is 2.38. The van der Waals surface area contributed by atoms with Crippen molar-refractivity contribution < 1.29 is 14.3 Å². The molecule has 2 saturated heterocycles. The number of nitrogens with one attached hydrogen (secondary N) is 1. The van der Waals surface area contributed by atoms with Gasteiger partial charge in [0.15, 0.2) is 0 Å². The number of hydrogen-bond acceptors (Lipinski definition) is 6. The van der Waals surface area contributed by atoms with E-state index in [0.717, 1.165) is 68.3 Å². The Bertz CT molecular complexity index is 1070. The van der Waals surface area contributed by atoms with Gasteiger partial charge in [0, 0.05) is 49.9 Å². The number of nitrogens with zero attached hydrogens (tertiary/aromatic N) is 4. The Morgan fingerprint density at radius 2 is 2.16 bits per heavy atom. The molecule has 0 saturated carbocycles. The summed E-state index contributed by atoms with van der Waals surface area (Å²) in [7, 11) is 1.70. The first-order valence-corrected chi connectivity index (χ1v) is 11.5. The van der Waals surface area contributed by atoms with Gasteiger partial charge in [-0.1, -0.05) is 0 Å². The van der Waals surface area contributed by atoms with Crippen molar-refractivity contribution in [2.75, 3.05) is 40.0 Å². The fraction of sp³-hybridized carbons (Fsp3) is 0.542. The van der Waals surface area contributed by atoms with Crippen molar-refractivity contribution in [2.45, 2.75) is 43.9 Å². The van der Waals surface area contributed by atoms with Gasteiger partial charge < -0.3 is 19.4 Å². The lowest BCUT2D eigenvalue weighted by Gasteiger charge is -2.46. The molecule has 3 aromatic heterocycles. The van der Waals surface area contributed by atoms with Crippen molar-refractivity contribution >= 4 is 28.3 Å². The van der Waals surface area contributed by atoms with E-state index in [4.69, 9.17) is 9.47 Å². The van der Waals surface area contributed by atoms with Gasteiger partial charge in [0.1, 0.15) is 5.65 Å². The molecule has 1 N–H and O–H groups in total. The Kier molecular flexibility index (Phi) is 6.34. The van der Waals surface area contributed by atoms with E-state index in [0.29, 0.717) is 19.1 Å². The van der Waals surface area contributed by atoms with Crippen molar-refractivity contribution in [3.63, 3.8) is 0 Å². The quantitative estimate of drug-likeness (QED) is 0.452. The summed E-state index contributed by atoms with van der Waals surface area (Å²) in [5, 5.41) is 2.30. The van der Waals surface area contributed by atoms with E-state index in [-0.39, 0.29) is 12.3 Å². The zero-order chi connectivity index (χ0) is 21.9. The lowest BCUT2D eigenvalue weighted by Crippen LogP contribution is -2.55. The van der Waals surface area contributed by atoms with Crippen LogP contribution in [0.3, 0.4) is 0 Å². The number of rotatable bonds is 7. The molecule has 8 heteroatoms. The minimum Gasteiger partial charge on any atom is -0.382 e. The molecule has 5 rings (SSSR count). The third kappa shape index (κ3) is 4.10. The molecule has 2 aliphatic rings. The zero-order valence-corrected chi connectivity index (χ0v) is 18.6. The predicted molar refractivity (Wildman–Crippen MR) is 122 cm³/mol. The monoisotopic (exact) mass is 437 g/mol. The molecule has 0 spiro atoms. The maximum atomic E-state index is 11.9. The average Bonchev–Trinajstić information content (AvgIpc) is 3.33. The zero-order valence-electron chi connectivity index (χ0n) is 18.6. The Balaban J connectivity index is 1.40. The molecule has 32 heavy (non-hydrogen) atoms. The Labute approximate surface area is 187 Å². The van der Waals surface area contributed by atoms with Crippen LogP contribution in [-0.4, -0.2) is 83.4 Å². The van der Waals surface area contributed by atoms with E-state index in [9.17, 15) is 4.79 Å². The molecule has 1 amide bonds. The van der Waals surface area contributed by atoms with Gasteiger partial charge in [0.05, 0.1) is 37.2 Å². The molecule has 0 aliphatic carbocycles. The van der Waals surface area contributed by atoms with E-state index < -0.39 is 0 Å². The normalized spacial score (nSPS) is 24.9. The number of hydrogen-bond donors (Lipinski definition) is 1. The standard InChI is InChI=1S/C24H31N5O3/c1-31-11-12-32-18-3-2-9-28(15-18)22-13-17(6-10-29(22)16-30)19-4-7-25-21-14-27-24-20(23(19)21)5-8-26-24/h4-5,7-8,14,16-18,22H,2-3,6,9-13,15H2,1H3,(H,26,27). The van der Waals surface area contributed by atoms with Gasteiger partial charge in [-0.3, -0.25) is 14.7 Å². The lowest BCUT2D eigenvalue weighted by molar-refractivity contribution is -0.130. The molecular formula is C24H31N5O3. The number of carbonyl (C=O) groups is 1. The SMILES string of the molecule is COCCOC1CCCN(C2CC(c3ccnc4cnc5[nH]ccc5c34)CCN2C=O)C1. The number of aromatic nitrogens is 3. The number of likely N-dealkylation sites (tertiary alicyclic amines) is 2. The molecule has 3 unspecified atom stereocenters. The Morgan fingerprint density at radius 1 is 1.22 bits per heavy atom. The number of piperidine rings is 2. The third-order valence-electron chi connectivity index (χ3n) is 6.98. The van der Waals surface area contributed by atoms with Gasteiger partial charge in [-0.2, -0.15) is 0 Å². The summed E-state index contributed by atoms with van der Waals surface area (Å²) in [6.45, 7) is 3.84. The highest BCUT2D eigenvalue weighted by molar-refractivity contribution is 6.05. The van der Waals surface area contributed by atoms with Crippen LogP contribution in [-0.2, 0) is 14.3 Å². The summed E-state index contributed by atoms with van der Waals surface area (Å²) in [5.41, 5.74) is 3.12. The van der Waals surface area contributed by atoms with Crippen LogP contribution in [0.5, 0.6) is 0 Å². The van der Waals surface area contributed by atoms with Crippen LogP contribution in [0.25, 0.3) is 21.9 Å². The van der Waals surface area contributed by atoms with Crippen LogP contribution in [0.1, 0.15) is 37.2 Å². The minimum atomic E-state index is 0.0897. The van der Waals surface area contributed by atoms with Gasteiger partial charge in [-0.25, -0.2) is 4.98 Å². The molecule has 2 aliphatic heterocycles.